The Kier molecular flexibility index (Phi) is 4.66. The number of benzene rings is 1. The molecule has 0 aliphatic carbocycles. The van der Waals surface area contributed by atoms with Gasteiger partial charge in [0.05, 0.1) is 5.56 Å². The average Bonchev–Trinajstić information content (AvgIpc) is 2.38. The van der Waals surface area contributed by atoms with Crippen LogP contribution in [-0.2, 0) is 0 Å². The molecule has 1 unspecified atom stereocenters. The minimum absolute atomic E-state index is 0.0190. The van der Waals surface area contributed by atoms with Gasteiger partial charge in [-0.15, -0.1) is 0 Å². The van der Waals surface area contributed by atoms with E-state index in [9.17, 15) is 0 Å². The zero-order valence-corrected chi connectivity index (χ0v) is 11.9. The van der Waals surface area contributed by atoms with E-state index in [1.807, 2.05) is 0 Å². The van der Waals surface area contributed by atoms with Crippen LogP contribution in [0.25, 0.3) is 0 Å². The van der Waals surface area contributed by atoms with Crippen molar-refractivity contribution >= 4 is 17.4 Å². The van der Waals surface area contributed by atoms with Crippen LogP contribution in [0.3, 0.4) is 0 Å². The van der Waals surface area contributed by atoms with Gasteiger partial charge in [-0.2, -0.15) is 0 Å². The maximum Gasteiger partial charge on any atom is 0.130 e. The fourth-order valence-electron chi connectivity index (χ4n) is 2.38. The van der Waals surface area contributed by atoms with E-state index >= 15 is 0 Å². The molecule has 2 rings (SSSR count). The first-order valence-corrected chi connectivity index (χ1v) is 6.92. The highest BCUT2D eigenvalue weighted by molar-refractivity contribution is 6.31. The molecule has 0 spiro atoms. The summed E-state index contributed by atoms with van der Waals surface area (Å²) >= 11 is 5.92. The van der Waals surface area contributed by atoms with Crippen LogP contribution < -0.4 is 10.5 Å². The number of nitrogen functional groups attached to an aromatic ring is 1. The first-order valence-electron chi connectivity index (χ1n) is 6.55. The number of piperidine rings is 1. The molecule has 1 heterocycles. The van der Waals surface area contributed by atoms with Gasteiger partial charge in [-0.25, -0.2) is 0 Å². The topological polar surface area (TPSA) is 62.3 Å². The number of hydrogen-bond acceptors (Lipinski definition) is 3. The molecule has 3 N–H and O–H groups in total. The second-order valence-corrected chi connectivity index (χ2v) is 5.43. The highest BCUT2D eigenvalue weighted by atomic mass is 35.5. The van der Waals surface area contributed by atoms with E-state index in [2.05, 4.69) is 11.9 Å². The predicted octanol–water partition coefficient (Wildman–Crippen LogP) is 2.49. The van der Waals surface area contributed by atoms with Crippen molar-refractivity contribution in [3.63, 3.8) is 0 Å². The molecular formula is C14H20ClN3O. The van der Waals surface area contributed by atoms with Gasteiger partial charge in [-0.1, -0.05) is 18.0 Å². The van der Waals surface area contributed by atoms with Crippen LogP contribution >= 0.6 is 11.6 Å². The Hall–Kier alpha value is -1.26. The van der Waals surface area contributed by atoms with E-state index in [1.165, 1.54) is 12.8 Å². The number of likely N-dealkylation sites (N-methyl/N-ethyl adjacent to an activating group) is 1. The number of ether oxygens (including phenoxy) is 1. The third kappa shape index (κ3) is 3.61. The quantitative estimate of drug-likeness (QED) is 0.658. The first-order chi connectivity index (χ1) is 9.08. The summed E-state index contributed by atoms with van der Waals surface area (Å²) in [6.45, 7) is 1.74. The van der Waals surface area contributed by atoms with Gasteiger partial charge >= 0.3 is 0 Å². The van der Waals surface area contributed by atoms with Crippen LogP contribution in [0.1, 0.15) is 24.8 Å². The average molecular weight is 282 g/mol. The van der Waals surface area contributed by atoms with E-state index in [0.717, 1.165) is 13.0 Å². The van der Waals surface area contributed by atoms with Crippen LogP contribution in [0.2, 0.25) is 5.02 Å². The van der Waals surface area contributed by atoms with Crippen molar-refractivity contribution in [1.29, 1.82) is 5.41 Å². The van der Waals surface area contributed by atoms with E-state index in [-0.39, 0.29) is 5.84 Å². The normalized spacial score (nSPS) is 20.2. The standard InChI is InChI=1S/C14H20ClN3O/c1-18-7-3-2-4-11(18)9-19-13-6-5-10(15)8-12(13)14(16)17/h5-6,8,11H,2-4,7,9H2,1H3,(H3,16,17). The van der Waals surface area contributed by atoms with Crippen molar-refractivity contribution in [2.24, 2.45) is 5.73 Å². The number of rotatable bonds is 4. The molecule has 0 saturated carbocycles. The van der Waals surface area contributed by atoms with Crippen LogP contribution in [0.5, 0.6) is 5.75 Å². The Morgan fingerprint density at radius 3 is 3.00 bits per heavy atom. The summed E-state index contributed by atoms with van der Waals surface area (Å²) < 4.78 is 5.84. The molecule has 1 aliphatic heterocycles. The molecule has 104 valence electrons. The monoisotopic (exact) mass is 281 g/mol. The molecule has 0 aromatic heterocycles. The number of nitrogens with two attached hydrogens (primary N) is 1. The number of hydrogen-bond donors (Lipinski definition) is 2. The third-order valence-corrected chi connectivity index (χ3v) is 3.82. The van der Waals surface area contributed by atoms with Crippen LogP contribution in [-0.4, -0.2) is 37.0 Å². The van der Waals surface area contributed by atoms with Crippen molar-refractivity contribution in [2.45, 2.75) is 25.3 Å². The smallest absolute Gasteiger partial charge is 0.130 e. The van der Waals surface area contributed by atoms with Gasteiger partial charge in [0.1, 0.15) is 18.2 Å². The molecule has 0 bridgehead atoms. The lowest BCUT2D eigenvalue weighted by Gasteiger charge is -2.32. The largest absolute Gasteiger partial charge is 0.491 e. The zero-order chi connectivity index (χ0) is 13.8. The maximum absolute atomic E-state index is 7.56. The number of amidine groups is 1. The van der Waals surface area contributed by atoms with Crippen molar-refractivity contribution < 1.29 is 4.74 Å². The summed E-state index contributed by atoms with van der Waals surface area (Å²) in [4.78, 5) is 2.33. The van der Waals surface area contributed by atoms with Crippen LogP contribution in [0.15, 0.2) is 18.2 Å². The molecule has 19 heavy (non-hydrogen) atoms. The molecule has 0 radical (unpaired) electrons. The Balaban J connectivity index is 2.04. The maximum atomic E-state index is 7.56. The molecule has 5 heteroatoms. The van der Waals surface area contributed by atoms with Gasteiger partial charge < -0.3 is 15.4 Å². The van der Waals surface area contributed by atoms with Crippen molar-refractivity contribution in [3.8, 4) is 5.75 Å². The summed E-state index contributed by atoms with van der Waals surface area (Å²) in [5.41, 5.74) is 6.11. The van der Waals surface area contributed by atoms with Crippen LogP contribution in [0.4, 0.5) is 0 Å². The van der Waals surface area contributed by atoms with Gasteiger partial charge in [0.25, 0.3) is 0 Å². The minimum Gasteiger partial charge on any atom is -0.491 e. The summed E-state index contributed by atoms with van der Waals surface area (Å²) in [5.74, 6) is 0.616. The lowest BCUT2D eigenvalue weighted by atomic mass is 10.0. The van der Waals surface area contributed by atoms with Gasteiger partial charge in [0, 0.05) is 11.1 Å². The number of nitrogens with one attached hydrogen (secondary N) is 1. The van der Waals surface area contributed by atoms with Gasteiger partial charge in [-0.05, 0) is 44.6 Å². The Labute approximate surface area is 119 Å². The van der Waals surface area contributed by atoms with E-state index in [1.54, 1.807) is 18.2 Å². The SMILES string of the molecule is CN1CCCCC1COc1ccc(Cl)cc1C(=N)N. The summed E-state index contributed by atoms with van der Waals surface area (Å²) in [5, 5.41) is 8.13. The molecule has 1 aliphatic rings. The highest BCUT2D eigenvalue weighted by Crippen LogP contribution is 2.24. The Bertz CT molecular complexity index is 464. The van der Waals surface area contributed by atoms with Gasteiger partial charge in [0.15, 0.2) is 0 Å². The van der Waals surface area contributed by atoms with Crippen molar-refractivity contribution in [2.75, 3.05) is 20.2 Å². The number of nitrogens with zero attached hydrogens (tertiary/aromatic N) is 1. The second-order valence-electron chi connectivity index (χ2n) is 5.00. The second kappa shape index (κ2) is 6.26. The molecule has 1 fully saturated rings. The van der Waals surface area contributed by atoms with Gasteiger partial charge in [-0.3, -0.25) is 5.41 Å². The Morgan fingerprint density at radius 2 is 2.32 bits per heavy atom. The van der Waals surface area contributed by atoms with E-state index in [4.69, 9.17) is 27.5 Å². The molecule has 1 atom stereocenters. The molecule has 4 nitrogen and oxygen atoms in total. The lowest BCUT2D eigenvalue weighted by molar-refractivity contribution is 0.125. The fraction of sp³-hybridized carbons (Fsp3) is 0.500. The van der Waals surface area contributed by atoms with E-state index < -0.39 is 0 Å². The summed E-state index contributed by atoms with van der Waals surface area (Å²) in [6.07, 6.45) is 3.66. The predicted molar refractivity (Wildman–Crippen MR) is 78.2 cm³/mol. The minimum atomic E-state index is -0.0190. The first kappa shape index (κ1) is 14.2. The molecule has 1 aromatic carbocycles. The molecule has 1 aromatic rings. The summed E-state index contributed by atoms with van der Waals surface area (Å²) in [7, 11) is 2.13. The molecular weight excluding hydrogens is 262 g/mol. The molecule has 0 amide bonds. The Morgan fingerprint density at radius 1 is 1.53 bits per heavy atom. The molecule has 1 saturated heterocycles. The van der Waals surface area contributed by atoms with E-state index in [0.29, 0.717) is 29.0 Å². The highest BCUT2D eigenvalue weighted by Gasteiger charge is 2.20. The van der Waals surface area contributed by atoms with Crippen molar-refractivity contribution in [3.05, 3.63) is 28.8 Å². The third-order valence-electron chi connectivity index (χ3n) is 3.58. The number of likely N-dealkylation sites (tertiary alicyclic amines) is 1. The number of halogens is 1. The van der Waals surface area contributed by atoms with Crippen molar-refractivity contribution in [1.82, 2.24) is 4.90 Å². The lowest BCUT2D eigenvalue weighted by Crippen LogP contribution is -2.40. The zero-order valence-electron chi connectivity index (χ0n) is 11.2. The van der Waals surface area contributed by atoms with Gasteiger partial charge in [0.2, 0.25) is 0 Å². The fourth-order valence-corrected chi connectivity index (χ4v) is 2.55. The summed E-state index contributed by atoms with van der Waals surface area (Å²) in [6, 6.07) is 5.64. The van der Waals surface area contributed by atoms with Crippen LogP contribution in [0, 0.1) is 5.41 Å².